The summed E-state index contributed by atoms with van der Waals surface area (Å²) >= 11 is 13.0. The second kappa shape index (κ2) is 9.63. The van der Waals surface area contributed by atoms with Gasteiger partial charge in [0.15, 0.2) is 11.5 Å². The highest BCUT2D eigenvalue weighted by atomic mass is 35.5. The van der Waals surface area contributed by atoms with Crippen molar-refractivity contribution in [1.82, 2.24) is 19.8 Å². The van der Waals surface area contributed by atoms with Crippen molar-refractivity contribution >= 4 is 50.9 Å². The summed E-state index contributed by atoms with van der Waals surface area (Å²) < 4.78 is 34.6. The molecule has 0 radical (unpaired) electrons. The SMILES string of the molecule is Cc1nc2c(F)c(-c3cccc(Cl)c3Cl)c(CCC#N)cc2c2c1cc([C@H]1C[C@H]3C[C@H]3N1C(=O)C1(F)CC1)n2[C@H]1[C@H]2CN[C@@H]1C2. The Morgan fingerprint density at radius 2 is 2.00 bits per heavy atom. The number of nitrogens with zero attached hydrogens (tertiary/aromatic N) is 4. The van der Waals surface area contributed by atoms with Gasteiger partial charge in [0.25, 0.3) is 5.91 Å². The molecule has 2 aromatic heterocycles. The highest BCUT2D eigenvalue weighted by molar-refractivity contribution is 6.43. The Balaban J connectivity index is 1.32. The Kier molecular flexibility index (Phi) is 6.00. The van der Waals surface area contributed by atoms with Crippen LogP contribution in [-0.4, -0.2) is 44.7 Å². The zero-order chi connectivity index (χ0) is 30.9. The van der Waals surface area contributed by atoms with Gasteiger partial charge in [-0.25, -0.2) is 13.8 Å². The molecular weight excluding hydrogens is 615 g/mol. The molecule has 230 valence electrons. The monoisotopic (exact) mass is 645 g/mol. The molecule has 3 aliphatic carbocycles. The van der Waals surface area contributed by atoms with E-state index >= 15 is 8.78 Å². The standard InChI is InChI=1S/C35H31Cl2F2N5O/c1-16-21-14-27(26-13-18-12-25(18)43(26)34(45)35(39)7-8-35)44(32-19-11-24(32)41-15-19)33(21)22-10-17(4-3-9-40)28(30(38)31(22)42-16)20-5-2-6-23(36)29(20)37/h2,5-6,10,14,18-19,24-26,32,41H,3-4,7-8,11-13,15H2,1H3/t18-,19-,24-,25-,26-,32+/m1/s1. The maximum atomic E-state index is 17.0. The van der Waals surface area contributed by atoms with Gasteiger partial charge in [0.05, 0.1) is 33.7 Å². The number of halogens is 4. The number of carbonyl (C=O) groups excluding carboxylic acids is 1. The summed E-state index contributed by atoms with van der Waals surface area (Å²) in [6.45, 7) is 2.80. The van der Waals surface area contributed by atoms with Crippen molar-refractivity contribution in [1.29, 1.82) is 5.26 Å². The van der Waals surface area contributed by atoms with Crippen LogP contribution in [0, 0.1) is 35.9 Å². The second-order valence-electron chi connectivity index (χ2n) is 13.8. The molecule has 0 spiro atoms. The molecule has 4 aromatic rings. The molecule has 45 heavy (non-hydrogen) atoms. The minimum atomic E-state index is -1.73. The number of amides is 1. The summed E-state index contributed by atoms with van der Waals surface area (Å²) in [5, 5.41) is 15.3. The number of likely N-dealkylation sites (tertiary alicyclic amines) is 1. The number of rotatable bonds is 6. The van der Waals surface area contributed by atoms with Crippen LogP contribution in [0.5, 0.6) is 0 Å². The third-order valence-electron chi connectivity index (χ3n) is 11.2. The first kappa shape index (κ1) is 28.0. The van der Waals surface area contributed by atoms with Crippen LogP contribution in [0.15, 0.2) is 30.3 Å². The molecule has 6 atom stereocenters. The van der Waals surface area contributed by atoms with Crippen LogP contribution >= 0.6 is 23.2 Å². The average Bonchev–Trinajstić information content (AvgIpc) is 3.65. The van der Waals surface area contributed by atoms with E-state index in [-0.39, 0.29) is 47.0 Å². The lowest BCUT2D eigenvalue weighted by Gasteiger charge is -2.40. The number of fused-ring (bicyclic) bond motifs is 5. The van der Waals surface area contributed by atoms with Gasteiger partial charge in [-0.3, -0.25) is 4.79 Å². The van der Waals surface area contributed by atoms with Crippen molar-refractivity contribution in [2.45, 2.75) is 81.7 Å². The molecule has 3 saturated carbocycles. The number of hydrogen-bond donors (Lipinski definition) is 1. The zero-order valence-electron chi connectivity index (χ0n) is 24.7. The van der Waals surface area contributed by atoms with Crippen LogP contribution in [0.25, 0.3) is 32.9 Å². The predicted octanol–water partition coefficient (Wildman–Crippen LogP) is 7.76. The summed E-state index contributed by atoms with van der Waals surface area (Å²) in [6, 6.07) is 11.7. The van der Waals surface area contributed by atoms with E-state index in [9.17, 15) is 10.1 Å². The Hall–Kier alpha value is -3.25. The van der Waals surface area contributed by atoms with E-state index in [1.54, 1.807) is 18.2 Å². The van der Waals surface area contributed by atoms with E-state index in [1.807, 2.05) is 17.9 Å². The smallest absolute Gasteiger partial charge is 0.261 e. The Morgan fingerprint density at radius 3 is 2.71 bits per heavy atom. The van der Waals surface area contributed by atoms with E-state index in [1.165, 1.54) is 0 Å². The minimum Gasteiger partial charge on any atom is -0.337 e. The fraction of sp³-hybridized carbons (Fsp3) is 0.457. The van der Waals surface area contributed by atoms with Crippen molar-refractivity contribution in [2.24, 2.45) is 11.8 Å². The first-order valence-electron chi connectivity index (χ1n) is 15.9. The van der Waals surface area contributed by atoms with Gasteiger partial charge in [-0.15, -0.1) is 0 Å². The molecule has 0 unspecified atom stereocenters. The van der Waals surface area contributed by atoms with Crippen molar-refractivity contribution < 1.29 is 13.6 Å². The van der Waals surface area contributed by atoms with Crippen molar-refractivity contribution in [3.63, 3.8) is 0 Å². The number of benzene rings is 2. The largest absolute Gasteiger partial charge is 0.337 e. The van der Waals surface area contributed by atoms with Crippen LogP contribution in [0.1, 0.15) is 67.6 Å². The Bertz CT molecular complexity index is 2000. The number of aromatic nitrogens is 2. The number of nitrogens with one attached hydrogen (secondary N) is 1. The normalized spacial score (nSPS) is 28.8. The molecule has 2 aromatic carbocycles. The molecule has 1 N–H and O–H groups in total. The molecule has 5 heterocycles. The summed E-state index contributed by atoms with van der Waals surface area (Å²) in [6.07, 6.45) is 3.93. The van der Waals surface area contributed by atoms with Crippen molar-refractivity contribution in [2.75, 3.05) is 6.54 Å². The lowest BCUT2D eigenvalue weighted by Crippen LogP contribution is -2.43. The maximum Gasteiger partial charge on any atom is 0.261 e. The average molecular weight is 647 g/mol. The van der Waals surface area contributed by atoms with Crippen molar-refractivity contribution in [3.05, 3.63) is 63.1 Å². The molecular formula is C35H31Cl2F2N5O. The quantitative estimate of drug-likeness (QED) is 0.233. The first-order valence-corrected chi connectivity index (χ1v) is 16.7. The van der Waals surface area contributed by atoms with Crippen LogP contribution in [0.2, 0.25) is 10.0 Å². The fourth-order valence-electron chi connectivity index (χ4n) is 8.67. The molecule has 10 heteroatoms. The summed E-state index contributed by atoms with van der Waals surface area (Å²) in [7, 11) is 0. The van der Waals surface area contributed by atoms with Gasteiger partial charge in [0, 0.05) is 58.3 Å². The molecule has 3 saturated heterocycles. The van der Waals surface area contributed by atoms with Gasteiger partial charge < -0.3 is 14.8 Å². The topological polar surface area (TPSA) is 74.0 Å². The summed E-state index contributed by atoms with van der Waals surface area (Å²) in [4.78, 5) is 20.3. The van der Waals surface area contributed by atoms with E-state index in [0.717, 1.165) is 42.4 Å². The van der Waals surface area contributed by atoms with Gasteiger partial charge in [-0.05, 0) is 81.0 Å². The lowest BCUT2D eigenvalue weighted by atomic mass is 9.79. The second-order valence-corrected chi connectivity index (χ2v) is 14.6. The van der Waals surface area contributed by atoms with Gasteiger partial charge in [0.1, 0.15) is 5.52 Å². The van der Waals surface area contributed by atoms with Crippen LogP contribution in [0.4, 0.5) is 8.78 Å². The molecule has 3 aliphatic heterocycles. The third kappa shape index (κ3) is 3.93. The number of hydrogen-bond acceptors (Lipinski definition) is 4. The molecule has 6 aliphatic rings. The summed E-state index contributed by atoms with van der Waals surface area (Å²) in [5.41, 5.74) is 2.52. The maximum absolute atomic E-state index is 17.0. The third-order valence-corrected chi connectivity index (χ3v) is 12.0. The van der Waals surface area contributed by atoms with Crippen LogP contribution in [0.3, 0.4) is 0 Å². The Labute approximate surface area is 269 Å². The number of nitriles is 1. The molecule has 10 rings (SSSR count). The van der Waals surface area contributed by atoms with E-state index in [2.05, 4.69) is 22.0 Å². The lowest BCUT2D eigenvalue weighted by molar-refractivity contribution is -0.140. The Morgan fingerprint density at radius 1 is 1.18 bits per heavy atom. The van der Waals surface area contributed by atoms with Crippen molar-refractivity contribution in [3.8, 4) is 17.2 Å². The highest BCUT2D eigenvalue weighted by Crippen LogP contribution is 2.58. The number of pyridine rings is 1. The van der Waals surface area contributed by atoms with E-state index in [4.69, 9.17) is 28.2 Å². The fourth-order valence-corrected chi connectivity index (χ4v) is 9.06. The van der Waals surface area contributed by atoms with Gasteiger partial charge in [-0.2, -0.15) is 5.26 Å². The van der Waals surface area contributed by atoms with E-state index in [0.29, 0.717) is 63.9 Å². The number of alkyl halides is 1. The zero-order valence-corrected chi connectivity index (χ0v) is 26.2. The summed E-state index contributed by atoms with van der Waals surface area (Å²) in [5.74, 6) is -0.0569. The number of carbonyl (C=O) groups is 1. The first-order chi connectivity index (χ1) is 21.7. The van der Waals surface area contributed by atoms with Crippen LogP contribution < -0.4 is 5.32 Å². The molecule has 2 bridgehead atoms. The molecule has 6 nitrogen and oxygen atoms in total. The number of piperidine rings is 1. The van der Waals surface area contributed by atoms with E-state index < -0.39 is 11.5 Å². The van der Waals surface area contributed by atoms with Gasteiger partial charge in [-0.1, -0.05) is 35.3 Å². The minimum absolute atomic E-state index is 0.0921. The number of aryl methyl sites for hydroxylation is 2. The predicted molar refractivity (Wildman–Crippen MR) is 169 cm³/mol. The molecule has 1 amide bonds. The van der Waals surface area contributed by atoms with Gasteiger partial charge in [0.2, 0.25) is 0 Å². The molecule has 6 fully saturated rings. The highest BCUT2D eigenvalue weighted by Gasteiger charge is 2.62. The van der Waals surface area contributed by atoms with Crippen LogP contribution in [-0.2, 0) is 11.2 Å². The van der Waals surface area contributed by atoms with Gasteiger partial charge >= 0.3 is 0 Å².